The number of esters is 1. The Bertz CT molecular complexity index is 889. The minimum Gasteiger partial charge on any atom is -0.459 e. The summed E-state index contributed by atoms with van der Waals surface area (Å²) in [6.45, 7) is 4.95. The lowest BCUT2D eigenvalue weighted by molar-refractivity contribution is -0.116. The second kappa shape index (κ2) is 8.38. The number of halogens is 2. The fourth-order valence-electron chi connectivity index (χ4n) is 3.25. The number of hydrogen-bond acceptors (Lipinski definition) is 5. The molecule has 9 heteroatoms. The highest BCUT2D eigenvalue weighted by atomic mass is 32.1. The Morgan fingerprint density at radius 1 is 1.32 bits per heavy atom. The standard InChI is InChI=1S/C19H23F2N3O3S/c1-10(2)27-19(26)16-12-6-4-5-7-14(12)28-18(16)22-15(25)9-24-11(3)8-13(23-24)17(20)21/h8,10,17H,4-7,9H2,1-3H3,(H,22,25). The van der Waals surface area contributed by atoms with Crippen molar-refractivity contribution in [1.82, 2.24) is 9.78 Å². The van der Waals surface area contributed by atoms with Crippen LogP contribution in [0.1, 0.15) is 65.3 Å². The van der Waals surface area contributed by atoms with Crippen LogP contribution in [0.25, 0.3) is 0 Å². The Morgan fingerprint density at radius 3 is 2.68 bits per heavy atom. The molecule has 0 aromatic carbocycles. The van der Waals surface area contributed by atoms with Gasteiger partial charge in [0.15, 0.2) is 0 Å². The molecular formula is C19H23F2N3O3S. The highest BCUT2D eigenvalue weighted by molar-refractivity contribution is 7.17. The maximum absolute atomic E-state index is 12.8. The van der Waals surface area contributed by atoms with Crippen LogP contribution < -0.4 is 5.32 Å². The first-order valence-electron chi connectivity index (χ1n) is 9.24. The van der Waals surface area contributed by atoms with Crippen molar-refractivity contribution >= 4 is 28.2 Å². The van der Waals surface area contributed by atoms with Gasteiger partial charge in [0.2, 0.25) is 5.91 Å². The van der Waals surface area contributed by atoms with E-state index in [1.54, 1.807) is 20.8 Å². The van der Waals surface area contributed by atoms with E-state index in [-0.39, 0.29) is 18.3 Å². The number of carbonyl (C=O) groups excluding carboxylic acids is 2. The molecule has 0 bridgehead atoms. The minimum atomic E-state index is -2.69. The van der Waals surface area contributed by atoms with E-state index in [0.29, 0.717) is 16.3 Å². The topological polar surface area (TPSA) is 73.2 Å². The van der Waals surface area contributed by atoms with Crippen LogP contribution >= 0.6 is 11.3 Å². The smallest absolute Gasteiger partial charge is 0.341 e. The van der Waals surface area contributed by atoms with E-state index >= 15 is 0 Å². The number of nitrogens with zero attached hydrogens (tertiary/aromatic N) is 2. The molecule has 3 rings (SSSR count). The zero-order chi connectivity index (χ0) is 20.4. The Balaban J connectivity index is 1.82. The summed E-state index contributed by atoms with van der Waals surface area (Å²) in [7, 11) is 0. The number of amides is 1. The van der Waals surface area contributed by atoms with Crippen molar-refractivity contribution in [2.75, 3.05) is 5.32 Å². The van der Waals surface area contributed by atoms with Gasteiger partial charge in [0, 0.05) is 10.6 Å². The predicted molar refractivity (Wildman–Crippen MR) is 102 cm³/mol. The maximum Gasteiger partial charge on any atom is 0.341 e. The summed E-state index contributed by atoms with van der Waals surface area (Å²) in [6, 6.07) is 1.26. The third kappa shape index (κ3) is 4.40. The van der Waals surface area contributed by atoms with Crippen molar-refractivity contribution in [2.45, 2.75) is 65.5 Å². The molecule has 2 aromatic rings. The van der Waals surface area contributed by atoms with E-state index in [4.69, 9.17) is 4.74 Å². The van der Waals surface area contributed by atoms with E-state index in [1.807, 2.05) is 0 Å². The van der Waals surface area contributed by atoms with Crippen LogP contribution in [-0.4, -0.2) is 27.8 Å². The first-order chi connectivity index (χ1) is 13.3. The van der Waals surface area contributed by atoms with Crippen LogP contribution in [0.15, 0.2) is 6.07 Å². The summed E-state index contributed by atoms with van der Waals surface area (Å²) >= 11 is 1.39. The molecule has 2 aromatic heterocycles. The maximum atomic E-state index is 12.8. The summed E-state index contributed by atoms with van der Waals surface area (Å²) in [6.07, 6.45) is 0.720. The van der Waals surface area contributed by atoms with E-state index in [9.17, 15) is 18.4 Å². The van der Waals surface area contributed by atoms with E-state index in [2.05, 4.69) is 10.4 Å². The zero-order valence-electron chi connectivity index (χ0n) is 16.1. The summed E-state index contributed by atoms with van der Waals surface area (Å²) in [5, 5.41) is 7.00. The van der Waals surface area contributed by atoms with Gasteiger partial charge in [-0.1, -0.05) is 0 Å². The molecule has 0 saturated heterocycles. The molecule has 28 heavy (non-hydrogen) atoms. The third-order valence-corrected chi connectivity index (χ3v) is 5.70. The van der Waals surface area contributed by atoms with Crippen molar-refractivity contribution in [1.29, 1.82) is 0 Å². The van der Waals surface area contributed by atoms with Crippen LogP contribution in [0.5, 0.6) is 0 Å². The molecule has 0 radical (unpaired) electrons. The lowest BCUT2D eigenvalue weighted by Crippen LogP contribution is -2.22. The lowest BCUT2D eigenvalue weighted by atomic mass is 9.95. The molecule has 152 valence electrons. The highest BCUT2D eigenvalue weighted by Crippen LogP contribution is 2.38. The number of fused-ring (bicyclic) bond motifs is 1. The molecule has 0 fully saturated rings. The monoisotopic (exact) mass is 411 g/mol. The predicted octanol–water partition coefficient (Wildman–Crippen LogP) is 4.27. The summed E-state index contributed by atoms with van der Waals surface area (Å²) in [5.41, 5.74) is 1.48. The van der Waals surface area contributed by atoms with Gasteiger partial charge < -0.3 is 10.1 Å². The Kier molecular flexibility index (Phi) is 6.12. The molecule has 0 unspecified atom stereocenters. The van der Waals surface area contributed by atoms with Gasteiger partial charge in [0.25, 0.3) is 6.43 Å². The fourth-order valence-corrected chi connectivity index (χ4v) is 4.54. The first kappa shape index (κ1) is 20.4. The number of aryl methyl sites for hydroxylation is 2. The number of hydrogen-bond donors (Lipinski definition) is 1. The molecule has 1 amide bonds. The van der Waals surface area contributed by atoms with Gasteiger partial charge in [-0.05, 0) is 58.1 Å². The molecule has 1 aliphatic carbocycles. The Morgan fingerprint density at radius 2 is 2.04 bits per heavy atom. The van der Waals surface area contributed by atoms with Gasteiger partial charge in [-0.2, -0.15) is 5.10 Å². The minimum absolute atomic E-state index is 0.209. The number of ether oxygens (including phenoxy) is 1. The largest absolute Gasteiger partial charge is 0.459 e. The molecule has 0 spiro atoms. The van der Waals surface area contributed by atoms with Gasteiger partial charge in [0.1, 0.15) is 17.2 Å². The van der Waals surface area contributed by atoms with Crippen LogP contribution in [0.3, 0.4) is 0 Å². The van der Waals surface area contributed by atoms with E-state index < -0.39 is 18.3 Å². The number of alkyl halides is 2. The van der Waals surface area contributed by atoms with Crippen molar-refractivity contribution in [3.63, 3.8) is 0 Å². The summed E-state index contributed by atoms with van der Waals surface area (Å²) in [5.74, 6) is -0.871. The van der Waals surface area contributed by atoms with Gasteiger partial charge >= 0.3 is 5.97 Å². The molecule has 0 atom stereocenters. The average Bonchev–Trinajstić information content (AvgIpc) is 3.14. The quantitative estimate of drug-likeness (QED) is 0.721. The van der Waals surface area contributed by atoms with Crippen molar-refractivity contribution in [3.8, 4) is 0 Å². The highest BCUT2D eigenvalue weighted by Gasteiger charge is 2.28. The SMILES string of the molecule is Cc1cc(C(F)F)nn1CC(=O)Nc1sc2c(c1C(=O)OC(C)C)CCCC2. The second-order valence-corrected chi connectivity index (χ2v) is 8.19. The van der Waals surface area contributed by atoms with E-state index in [0.717, 1.165) is 36.1 Å². The van der Waals surface area contributed by atoms with Crippen molar-refractivity contribution in [3.05, 3.63) is 33.5 Å². The van der Waals surface area contributed by atoms with Crippen molar-refractivity contribution in [2.24, 2.45) is 0 Å². The Labute approximate surface area is 165 Å². The fraction of sp³-hybridized carbons (Fsp3) is 0.526. The van der Waals surface area contributed by atoms with Crippen LogP contribution in [0.4, 0.5) is 13.8 Å². The lowest BCUT2D eigenvalue weighted by Gasteiger charge is -2.14. The molecule has 1 N–H and O–H groups in total. The van der Waals surface area contributed by atoms with Gasteiger partial charge in [0.05, 0.1) is 11.7 Å². The molecule has 2 heterocycles. The first-order valence-corrected chi connectivity index (χ1v) is 10.1. The van der Waals surface area contributed by atoms with Crippen molar-refractivity contribution < 1.29 is 23.1 Å². The molecule has 1 aliphatic rings. The number of anilines is 1. The normalized spacial score (nSPS) is 13.7. The molecule has 0 aliphatic heterocycles. The van der Waals surface area contributed by atoms with Gasteiger partial charge in [-0.15, -0.1) is 11.3 Å². The molecular weight excluding hydrogens is 388 g/mol. The van der Waals surface area contributed by atoms with Gasteiger partial charge in [-0.25, -0.2) is 13.6 Å². The number of aromatic nitrogens is 2. The van der Waals surface area contributed by atoms with Crippen LogP contribution in [0.2, 0.25) is 0 Å². The third-order valence-electron chi connectivity index (χ3n) is 4.49. The van der Waals surface area contributed by atoms with Gasteiger partial charge in [-0.3, -0.25) is 9.48 Å². The number of rotatable bonds is 6. The summed E-state index contributed by atoms with van der Waals surface area (Å²) < 4.78 is 32.2. The Hall–Kier alpha value is -2.29. The number of thiophene rings is 1. The number of carbonyl (C=O) groups is 2. The molecule has 6 nitrogen and oxygen atoms in total. The number of nitrogens with one attached hydrogen (secondary N) is 1. The van der Waals surface area contributed by atoms with Crippen LogP contribution in [0, 0.1) is 6.92 Å². The average molecular weight is 411 g/mol. The van der Waals surface area contributed by atoms with Crippen LogP contribution in [-0.2, 0) is 28.9 Å². The second-order valence-electron chi connectivity index (χ2n) is 7.09. The molecule has 0 saturated carbocycles. The zero-order valence-corrected chi connectivity index (χ0v) is 16.9. The van der Waals surface area contributed by atoms with E-state index in [1.165, 1.54) is 22.1 Å². The summed E-state index contributed by atoms with van der Waals surface area (Å²) in [4.78, 5) is 26.2.